The zero-order valence-electron chi connectivity index (χ0n) is 19.1. The summed E-state index contributed by atoms with van der Waals surface area (Å²) in [5, 5.41) is 22.0. The minimum Gasteiger partial charge on any atom is -0.507 e. The van der Waals surface area contributed by atoms with Crippen molar-refractivity contribution in [2.24, 2.45) is 0 Å². The molecular weight excluding hydrogens is 481 g/mol. The highest BCUT2D eigenvalue weighted by atomic mass is 35.5. The Hall–Kier alpha value is -3.41. The van der Waals surface area contributed by atoms with Gasteiger partial charge >= 0.3 is 0 Å². The number of nitrogens with zero attached hydrogens (tertiary/aromatic N) is 2. The zero-order chi connectivity index (χ0) is 24.7. The second-order valence-electron chi connectivity index (χ2n) is 8.74. The molecule has 3 aromatic rings. The Bertz CT molecular complexity index is 1400. The van der Waals surface area contributed by atoms with Crippen molar-refractivity contribution in [1.29, 1.82) is 5.41 Å². The quantitative estimate of drug-likeness (QED) is 0.368. The Morgan fingerprint density at radius 1 is 1.11 bits per heavy atom. The number of anilines is 1. The topological polar surface area (TPSA) is 77.3 Å². The lowest BCUT2D eigenvalue weighted by Gasteiger charge is -2.41. The standard InChI is InChI=1S/C28H23Cl2N3O2/c1-16-7-12-20(14-21(16)30)33-22-5-2-6-23(34)25(22)24(18-4-3-13-32-15-18)26(28(33)31)27(35)17-8-10-19(29)11-9-17/h3-4,7-15,24,31,35H,2,5-6H2,1H3/b27-26+,31-28?. The van der Waals surface area contributed by atoms with Crippen LogP contribution >= 0.6 is 23.2 Å². The molecule has 1 unspecified atom stereocenters. The van der Waals surface area contributed by atoms with Crippen molar-refractivity contribution >= 4 is 46.3 Å². The van der Waals surface area contributed by atoms with E-state index < -0.39 is 5.92 Å². The molecular formula is C28H23Cl2N3O2. The lowest BCUT2D eigenvalue weighted by molar-refractivity contribution is -0.116. The van der Waals surface area contributed by atoms with E-state index in [0.29, 0.717) is 51.7 Å². The van der Waals surface area contributed by atoms with Crippen LogP contribution in [0.15, 0.2) is 83.8 Å². The van der Waals surface area contributed by atoms with E-state index in [1.807, 2.05) is 25.1 Å². The Labute approximate surface area is 213 Å². The predicted octanol–water partition coefficient (Wildman–Crippen LogP) is 7.25. The summed E-state index contributed by atoms with van der Waals surface area (Å²) in [5.41, 5.74) is 4.56. The number of aromatic nitrogens is 1. The summed E-state index contributed by atoms with van der Waals surface area (Å²) in [6.45, 7) is 1.92. The number of benzene rings is 2. The van der Waals surface area contributed by atoms with Crippen molar-refractivity contribution in [3.63, 3.8) is 0 Å². The fourth-order valence-corrected chi connectivity index (χ4v) is 5.14. The molecule has 5 nitrogen and oxygen atoms in total. The number of rotatable bonds is 3. The third-order valence-corrected chi connectivity index (χ3v) is 7.22. The average Bonchev–Trinajstić information content (AvgIpc) is 2.86. The number of hydrogen-bond acceptors (Lipinski definition) is 4. The number of halogens is 2. The van der Waals surface area contributed by atoms with Gasteiger partial charge in [0.25, 0.3) is 0 Å². The highest BCUT2D eigenvalue weighted by molar-refractivity contribution is 6.32. The zero-order valence-corrected chi connectivity index (χ0v) is 20.6. The molecule has 0 bridgehead atoms. The molecule has 0 saturated heterocycles. The first kappa shape index (κ1) is 23.3. The fourth-order valence-electron chi connectivity index (χ4n) is 4.84. The molecule has 35 heavy (non-hydrogen) atoms. The molecule has 0 radical (unpaired) electrons. The van der Waals surface area contributed by atoms with Gasteiger partial charge in [-0.25, -0.2) is 0 Å². The van der Waals surface area contributed by atoms with E-state index in [1.54, 1.807) is 53.7 Å². The van der Waals surface area contributed by atoms with Crippen molar-refractivity contribution in [2.45, 2.75) is 32.1 Å². The predicted molar refractivity (Wildman–Crippen MR) is 140 cm³/mol. The largest absolute Gasteiger partial charge is 0.507 e. The number of aliphatic hydroxyl groups excluding tert-OH is 1. The van der Waals surface area contributed by atoms with E-state index in [2.05, 4.69) is 4.98 Å². The van der Waals surface area contributed by atoms with E-state index in [9.17, 15) is 15.3 Å². The molecule has 1 atom stereocenters. The molecule has 1 aliphatic heterocycles. The van der Waals surface area contributed by atoms with Crippen LogP contribution in [0.25, 0.3) is 5.76 Å². The number of pyridine rings is 1. The van der Waals surface area contributed by atoms with Gasteiger partial charge in [-0.3, -0.25) is 20.1 Å². The van der Waals surface area contributed by atoms with Crippen LogP contribution in [0.5, 0.6) is 0 Å². The monoisotopic (exact) mass is 503 g/mol. The van der Waals surface area contributed by atoms with Gasteiger partial charge in [-0.05, 0) is 73.4 Å². The third kappa shape index (κ3) is 4.15. The molecule has 2 aliphatic rings. The Morgan fingerprint density at radius 2 is 1.89 bits per heavy atom. The Kier molecular flexibility index (Phi) is 6.22. The lowest BCUT2D eigenvalue weighted by atomic mass is 9.74. The van der Waals surface area contributed by atoms with E-state index in [0.717, 1.165) is 16.8 Å². The van der Waals surface area contributed by atoms with Gasteiger partial charge in [-0.2, -0.15) is 0 Å². The maximum absolute atomic E-state index is 13.4. The van der Waals surface area contributed by atoms with Crippen LogP contribution in [-0.2, 0) is 4.79 Å². The molecule has 7 heteroatoms. The van der Waals surface area contributed by atoms with Crippen molar-refractivity contribution in [2.75, 3.05) is 4.90 Å². The summed E-state index contributed by atoms with van der Waals surface area (Å²) >= 11 is 12.5. The van der Waals surface area contributed by atoms with Crippen LogP contribution in [0, 0.1) is 12.3 Å². The molecule has 5 rings (SSSR count). The summed E-state index contributed by atoms with van der Waals surface area (Å²) in [5.74, 6) is -0.586. The second kappa shape index (κ2) is 9.33. The molecule has 2 aromatic carbocycles. The average molecular weight is 504 g/mol. The molecule has 1 aromatic heterocycles. The van der Waals surface area contributed by atoms with Gasteiger partial charge in [0, 0.05) is 62.9 Å². The first-order valence-corrected chi connectivity index (χ1v) is 12.1. The number of carbonyl (C=O) groups excluding carboxylic acids is 1. The van der Waals surface area contributed by atoms with Gasteiger partial charge < -0.3 is 5.11 Å². The van der Waals surface area contributed by atoms with Crippen LogP contribution in [0.3, 0.4) is 0 Å². The van der Waals surface area contributed by atoms with Crippen LogP contribution < -0.4 is 4.90 Å². The number of nitrogens with one attached hydrogen (secondary N) is 1. The molecule has 0 saturated carbocycles. The van der Waals surface area contributed by atoms with Gasteiger partial charge in [0.1, 0.15) is 11.6 Å². The maximum atomic E-state index is 13.4. The number of amidine groups is 1. The van der Waals surface area contributed by atoms with E-state index >= 15 is 0 Å². The first-order chi connectivity index (χ1) is 16.9. The van der Waals surface area contributed by atoms with Gasteiger partial charge in [-0.15, -0.1) is 0 Å². The lowest BCUT2D eigenvalue weighted by Crippen LogP contribution is -2.42. The first-order valence-electron chi connectivity index (χ1n) is 11.4. The molecule has 2 heterocycles. The summed E-state index contributed by atoms with van der Waals surface area (Å²) in [6, 6.07) is 16.1. The Morgan fingerprint density at radius 3 is 2.57 bits per heavy atom. The molecule has 0 spiro atoms. The number of Topliss-reactive ketones (excluding diaryl/α,β-unsaturated/α-hetero) is 1. The van der Waals surface area contributed by atoms with Crippen molar-refractivity contribution < 1.29 is 9.90 Å². The summed E-state index contributed by atoms with van der Waals surface area (Å²) in [4.78, 5) is 19.5. The van der Waals surface area contributed by atoms with Gasteiger partial charge in [0.05, 0.1) is 0 Å². The van der Waals surface area contributed by atoms with E-state index in [-0.39, 0.29) is 17.4 Å². The van der Waals surface area contributed by atoms with Crippen molar-refractivity contribution in [3.8, 4) is 0 Å². The summed E-state index contributed by atoms with van der Waals surface area (Å²) in [7, 11) is 0. The number of aliphatic hydroxyl groups is 1. The normalized spacial score (nSPS) is 19.6. The molecule has 176 valence electrons. The van der Waals surface area contributed by atoms with Crippen molar-refractivity contribution in [3.05, 3.63) is 111 Å². The van der Waals surface area contributed by atoms with Crippen LogP contribution in [0.2, 0.25) is 10.0 Å². The molecule has 0 fully saturated rings. The Balaban J connectivity index is 1.82. The SMILES string of the molecule is Cc1ccc(N2C(=N)/C(=C(/O)c3ccc(Cl)cc3)C(c3cccnc3)C3=C2CCCC3=O)cc1Cl. The number of ketones is 1. The smallest absolute Gasteiger partial charge is 0.161 e. The van der Waals surface area contributed by atoms with Gasteiger partial charge in [0.15, 0.2) is 5.78 Å². The van der Waals surface area contributed by atoms with E-state index in [1.165, 1.54) is 0 Å². The highest BCUT2D eigenvalue weighted by Gasteiger charge is 2.43. The summed E-state index contributed by atoms with van der Waals surface area (Å²) in [6.07, 6.45) is 5.11. The second-order valence-corrected chi connectivity index (χ2v) is 9.59. The highest BCUT2D eigenvalue weighted by Crippen LogP contribution is 2.48. The molecule has 0 amide bonds. The van der Waals surface area contributed by atoms with Crippen molar-refractivity contribution in [1.82, 2.24) is 4.98 Å². The maximum Gasteiger partial charge on any atom is 0.161 e. The fraction of sp³-hybridized carbons (Fsp3) is 0.179. The number of aryl methyl sites for hydroxylation is 1. The number of allylic oxidation sites excluding steroid dienone is 2. The van der Waals surface area contributed by atoms with Gasteiger partial charge in [0.2, 0.25) is 0 Å². The summed E-state index contributed by atoms with van der Waals surface area (Å²) < 4.78 is 0. The molecule has 1 aliphatic carbocycles. The number of hydrogen-bond donors (Lipinski definition) is 2. The third-order valence-electron chi connectivity index (χ3n) is 6.56. The van der Waals surface area contributed by atoms with Crippen LogP contribution in [0.4, 0.5) is 5.69 Å². The van der Waals surface area contributed by atoms with Gasteiger partial charge in [-0.1, -0.05) is 35.3 Å². The minimum atomic E-state index is -0.619. The van der Waals surface area contributed by atoms with E-state index in [4.69, 9.17) is 23.2 Å². The minimum absolute atomic E-state index is 0.0113. The number of carbonyl (C=O) groups is 1. The van der Waals surface area contributed by atoms with Crippen LogP contribution in [0.1, 0.15) is 41.9 Å². The van der Waals surface area contributed by atoms with Crippen LogP contribution in [-0.4, -0.2) is 21.7 Å². The molecule has 2 N–H and O–H groups in total.